The average molecular weight is 658 g/mol. The Morgan fingerprint density at radius 3 is 2.39 bits per heavy atom. The fraction of sp³-hybridized carbons (Fsp3) is 0.543. The zero-order chi connectivity index (χ0) is 33.5. The van der Waals surface area contributed by atoms with Crippen molar-refractivity contribution in [2.45, 2.75) is 95.2 Å². The van der Waals surface area contributed by atoms with Gasteiger partial charge < -0.3 is 25.4 Å². The summed E-state index contributed by atoms with van der Waals surface area (Å²) in [6, 6.07) is 11.9. The van der Waals surface area contributed by atoms with Gasteiger partial charge in [-0.05, 0) is 67.5 Å². The van der Waals surface area contributed by atoms with E-state index in [1.54, 1.807) is 37.3 Å². The highest BCUT2D eigenvalue weighted by molar-refractivity contribution is 6.30. The second-order valence-electron chi connectivity index (χ2n) is 13.3. The SMILES string of the molecule is COC(=O)[C@H](C[C@@H]1CCNC1=O)NC(=O)[C@@](C)(CC1CCCCC1)NC(=O)OC(c1cccc(F)c1)C(C)(C)c1cccc(Cl)c1. The number of esters is 1. The predicted octanol–water partition coefficient (Wildman–Crippen LogP) is 6.14. The molecule has 2 aromatic rings. The second-order valence-corrected chi connectivity index (χ2v) is 13.7. The van der Waals surface area contributed by atoms with Crippen LogP contribution in [-0.4, -0.2) is 49.1 Å². The molecule has 0 bridgehead atoms. The minimum Gasteiger partial charge on any atom is -0.467 e. The van der Waals surface area contributed by atoms with Crippen LogP contribution in [0.2, 0.25) is 5.02 Å². The molecular formula is C35H45ClFN3O6. The van der Waals surface area contributed by atoms with Crippen molar-refractivity contribution < 1.29 is 33.0 Å². The molecule has 0 aromatic heterocycles. The highest BCUT2D eigenvalue weighted by Gasteiger charge is 2.43. The maximum atomic E-state index is 14.4. The minimum atomic E-state index is -1.48. The van der Waals surface area contributed by atoms with Gasteiger partial charge in [-0.3, -0.25) is 9.59 Å². The lowest BCUT2D eigenvalue weighted by atomic mass is 9.76. The first kappa shape index (κ1) is 35.2. The van der Waals surface area contributed by atoms with Crippen LogP contribution in [0.4, 0.5) is 9.18 Å². The molecule has 2 aromatic carbocycles. The predicted molar refractivity (Wildman–Crippen MR) is 173 cm³/mol. The Kier molecular flexibility index (Phi) is 11.7. The van der Waals surface area contributed by atoms with Crippen LogP contribution in [0.1, 0.15) is 89.4 Å². The monoisotopic (exact) mass is 657 g/mol. The van der Waals surface area contributed by atoms with Gasteiger partial charge in [-0.25, -0.2) is 14.0 Å². The van der Waals surface area contributed by atoms with Crippen molar-refractivity contribution >= 4 is 35.5 Å². The fourth-order valence-electron chi connectivity index (χ4n) is 6.70. The number of ether oxygens (including phenoxy) is 2. The van der Waals surface area contributed by atoms with E-state index < -0.39 is 52.8 Å². The smallest absolute Gasteiger partial charge is 0.408 e. The lowest BCUT2D eigenvalue weighted by molar-refractivity contribution is -0.146. The first-order valence-electron chi connectivity index (χ1n) is 16.0. The average Bonchev–Trinajstić information content (AvgIpc) is 3.43. The summed E-state index contributed by atoms with van der Waals surface area (Å²) in [4.78, 5) is 52.9. The number of alkyl carbamates (subject to hydrolysis) is 1. The molecule has 1 saturated heterocycles. The minimum absolute atomic E-state index is 0.0731. The Morgan fingerprint density at radius 2 is 1.76 bits per heavy atom. The lowest BCUT2D eigenvalue weighted by Crippen LogP contribution is -2.61. The number of methoxy groups -OCH3 is 1. The van der Waals surface area contributed by atoms with E-state index in [1.807, 2.05) is 19.9 Å². The maximum absolute atomic E-state index is 14.4. The highest BCUT2D eigenvalue weighted by atomic mass is 35.5. The van der Waals surface area contributed by atoms with Gasteiger partial charge >= 0.3 is 12.1 Å². The van der Waals surface area contributed by atoms with E-state index in [1.165, 1.54) is 19.2 Å². The summed E-state index contributed by atoms with van der Waals surface area (Å²) in [5.74, 6) is -2.22. The first-order valence-corrected chi connectivity index (χ1v) is 16.4. The molecule has 2 aliphatic rings. The number of carbonyl (C=O) groups is 4. The molecule has 1 aliphatic carbocycles. The van der Waals surface area contributed by atoms with Gasteiger partial charge in [0.05, 0.1) is 7.11 Å². The van der Waals surface area contributed by atoms with Gasteiger partial charge in [0.1, 0.15) is 23.5 Å². The topological polar surface area (TPSA) is 123 Å². The van der Waals surface area contributed by atoms with Gasteiger partial charge in [-0.1, -0.05) is 81.8 Å². The van der Waals surface area contributed by atoms with Gasteiger partial charge in [0.15, 0.2) is 0 Å². The number of rotatable bonds is 12. The third-order valence-corrected chi connectivity index (χ3v) is 9.61. The van der Waals surface area contributed by atoms with E-state index in [2.05, 4.69) is 16.0 Å². The summed E-state index contributed by atoms with van der Waals surface area (Å²) in [6.07, 6.45) is 4.03. The van der Waals surface area contributed by atoms with Crippen molar-refractivity contribution in [2.24, 2.45) is 11.8 Å². The highest BCUT2D eigenvalue weighted by Crippen LogP contribution is 2.41. The van der Waals surface area contributed by atoms with Crippen LogP contribution in [0.5, 0.6) is 0 Å². The molecule has 46 heavy (non-hydrogen) atoms. The number of amides is 3. The Morgan fingerprint density at radius 1 is 1.04 bits per heavy atom. The van der Waals surface area contributed by atoms with Gasteiger partial charge in [0.2, 0.25) is 11.8 Å². The largest absolute Gasteiger partial charge is 0.467 e. The van der Waals surface area contributed by atoms with Crippen molar-refractivity contribution in [1.29, 1.82) is 0 Å². The standard InChI is InChI=1S/C35H45ClFN3O6/c1-34(2,25-13-9-14-26(36)20-25)29(23-12-8-15-27(37)18-23)46-33(44)40-35(3,21-22-10-6-5-7-11-22)32(43)39-28(31(42)45-4)19-24-16-17-38-30(24)41/h8-9,12-15,18,20,22,24,28-29H,5-7,10-11,16-17,19,21H2,1-4H3,(H,38,41)(H,39,43)(H,40,44)/t24-,28-,29?,35+/m0/s1. The maximum Gasteiger partial charge on any atom is 0.408 e. The normalized spacial score (nSPS) is 19.7. The zero-order valence-corrected chi connectivity index (χ0v) is 27.8. The summed E-state index contributed by atoms with van der Waals surface area (Å²) < 4.78 is 25.5. The third kappa shape index (κ3) is 8.78. The van der Waals surface area contributed by atoms with Crippen molar-refractivity contribution in [3.63, 3.8) is 0 Å². The molecule has 250 valence electrons. The van der Waals surface area contributed by atoms with Gasteiger partial charge in [0.25, 0.3) is 0 Å². The molecule has 3 N–H and O–H groups in total. The summed E-state index contributed by atoms with van der Waals surface area (Å²) >= 11 is 6.30. The van der Waals surface area contributed by atoms with Crippen LogP contribution in [0.3, 0.4) is 0 Å². The van der Waals surface area contributed by atoms with Crippen molar-refractivity contribution in [2.75, 3.05) is 13.7 Å². The number of benzene rings is 2. The van der Waals surface area contributed by atoms with Gasteiger partial charge in [-0.15, -0.1) is 0 Å². The zero-order valence-electron chi connectivity index (χ0n) is 27.0. The van der Waals surface area contributed by atoms with Crippen molar-refractivity contribution in [1.82, 2.24) is 16.0 Å². The quantitative estimate of drug-likeness (QED) is 0.236. The summed E-state index contributed by atoms with van der Waals surface area (Å²) in [5, 5.41) is 8.86. The Bertz CT molecular complexity index is 1410. The van der Waals surface area contributed by atoms with E-state index in [0.717, 1.165) is 37.7 Å². The van der Waals surface area contributed by atoms with Crippen LogP contribution in [0.25, 0.3) is 0 Å². The van der Waals surface area contributed by atoms with E-state index in [0.29, 0.717) is 30.0 Å². The van der Waals surface area contributed by atoms with Crippen LogP contribution in [-0.2, 0) is 29.3 Å². The number of halogens is 2. The number of nitrogens with one attached hydrogen (secondary N) is 3. The molecule has 3 amide bonds. The van der Waals surface area contributed by atoms with Gasteiger partial charge in [0, 0.05) is 22.9 Å². The summed E-state index contributed by atoms with van der Waals surface area (Å²) in [5.41, 5.74) is -1.15. The van der Waals surface area contributed by atoms with Crippen LogP contribution >= 0.6 is 11.6 Å². The molecule has 9 nitrogen and oxygen atoms in total. The number of carbonyl (C=O) groups excluding carboxylic acids is 4. The van der Waals surface area contributed by atoms with Crippen LogP contribution < -0.4 is 16.0 Å². The van der Waals surface area contributed by atoms with Gasteiger partial charge in [-0.2, -0.15) is 0 Å². The summed E-state index contributed by atoms with van der Waals surface area (Å²) in [7, 11) is 1.22. The molecule has 11 heteroatoms. The fourth-order valence-corrected chi connectivity index (χ4v) is 6.89. The third-order valence-electron chi connectivity index (χ3n) is 9.38. The molecule has 2 fully saturated rings. The number of hydrogen-bond donors (Lipinski definition) is 3. The molecule has 4 rings (SSSR count). The summed E-state index contributed by atoms with van der Waals surface area (Å²) in [6.45, 7) is 5.86. The number of hydrogen-bond acceptors (Lipinski definition) is 6. The Balaban J connectivity index is 1.62. The molecule has 1 unspecified atom stereocenters. The lowest BCUT2D eigenvalue weighted by Gasteiger charge is -2.38. The molecule has 1 saturated carbocycles. The van der Waals surface area contributed by atoms with Crippen molar-refractivity contribution in [3.05, 3.63) is 70.5 Å². The Labute approximate surface area is 275 Å². The molecular weight excluding hydrogens is 613 g/mol. The molecule has 0 radical (unpaired) electrons. The van der Waals surface area contributed by atoms with E-state index in [-0.39, 0.29) is 18.2 Å². The second kappa shape index (κ2) is 15.3. The van der Waals surface area contributed by atoms with E-state index in [4.69, 9.17) is 21.1 Å². The van der Waals surface area contributed by atoms with E-state index in [9.17, 15) is 23.6 Å². The molecule has 1 heterocycles. The molecule has 1 aliphatic heterocycles. The molecule has 4 atom stereocenters. The Hall–Kier alpha value is -3.66. The molecule has 0 spiro atoms. The first-order chi connectivity index (χ1) is 21.8. The van der Waals surface area contributed by atoms with Crippen LogP contribution in [0.15, 0.2) is 48.5 Å². The van der Waals surface area contributed by atoms with Crippen molar-refractivity contribution in [3.8, 4) is 0 Å². The van der Waals surface area contributed by atoms with E-state index >= 15 is 0 Å². The van der Waals surface area contributed by atoms with Crippen LogP contribution in [0, 0.1) is 17.7 Å².